The summed E-state index contributed by atoms with van der Waals surface area (Å²) < 4.78 is 1.60. The Bertz CT molecular complexity index is 863. The minimum absolute atomic E-state index is 0.0124. The molecule has 5 heteroatoms. The van der Waals surface area contributed by atoms with Gasteiger partial charge in [-0.15, -0.1) is 0 Å². The molecule has 0 unspecified atom stereocenters. The Morgan fingerprint density at radius 3 is 2.72 bits per heavy atom. The number of nitrogens with zero attached hydrogens (tertiary/aromatic N) is 3. The van der Waals surface area contributed by atoms with Crippen molar-refractivity contribution in [2.45, 2.75) is 59.0 Å². The van der Waals surface area contributed by atoms with E-state index in [2.05, 4.69) is 37.6 Å². The molecule has 3 heterocycles. The van der Waals surface area contributed by atoms with E-state index in [0.29, 0.717) is 23.7 Å². The number of carbonyl (C=O) groups excluding carboxylic acids is 1. The predicted octanol–water partition coefficient (Wildman–Crippen LogP) is 2.79. The molecule has 2 atom stereocenters. The third-order valence-corrected chi connectivity index (χ3v) is 5.10. The molecule has 1 fully saturated rings. The highest BCUT2D eigenvalue weighted by Gasteiger charge is 2.33. The molecule has 5 nitrogen and oxygen atoms in total. The van der Waals surface area contributed by atoms with Gasteiger partial charge in [-0.1, -0.05) is 27.7 Å². The summed E-state index contributed by atoms with van der Waals surface area (Å²) in [6.07, 6.45) is 4.35. The SMILES string of the molecule is CC(=O)[C@H]1C[C@H](C)CN1Cc1cnc2cc(C(C)(C)C)ccn2c1=O. The van der Waals surface area contributed by atoms with Crippen molar-refractivity contribution in [2.75, 3.05) is 6.54 Å². The summed E-state index contributed by atoms with van der Waals surface area (Å²) in [5.41, 5.74) is 2.42. The summed E-state index contributed by atoms with van der Waals surface area (Å²) >= 11 is 0. The zero-order valence-corrected chi connectivity index (χ0v) is 15.7. The zero-order valence-electron chi connectivity index (χ0n) is 15.7. The number of hydrogen-bond donors (Lipinski definition) is 0. The Morgan fingerprint density at radius 2 is 2.08 bits per heavy atom. The molecule has 0 saturated carbocycles. The highest BCUT2D eigenvalue weighted by Crippen LogP contribution is 2.25. The van der Waals surface area contributed by atoms with Gasteiger partial charge in [0, 0.05) is 25.5 Å². The number of rotatable bonds is 3. The van der Waals surface area contributed by atoms with Crippen LogP contribution in [0.15, 0.2) is 29.3 Å². The minimum atomic E-state index is -0.0848. The molecule has 0 aliphatic carbocycles. The van der Waals surface area contributed by atoms with Gasteiger partial charge in [-0.2, -0.15) is 0 Å². The number of carbonyl (C=O) groups is 1. The maximum absolute atomic E-state index is 12.8. The number of pyridine rings is 1. The number of fused-ring (bicyclic) bond motifs is 1. The average molecular weight is 341 g/mol. The summed E-state index contributed by atoms with van der Waals surface area (Å²) in [5.74, 6) is 0.646. The Morgan fingerprint density at radius 1 is 1.36 bits per heavy atom. The normalized spacial score (nSPS) is 21.8. The van der Waals surface area contributed by atoms with Gasteiger partial charge in [0.1, 0.15) is 11.4 Å². The van der Waals surface area contributed by atoms with Crippen molar-refractivity contribution in [3.63, 3.8) is 0 Å². The number of likely N-dealkylation sites (tertiary alicyclic amines) is 1. The minimum Gasteiger partial charge on any atom is -0.298 e. The van der Waals surface area contributed by atoms with Crippen LogP contribution < -0.4 is 5.56 Å². The summed E-state index contributed by atoms with van der Waals surface area (Å²) in [4.78, 5) is 31.3. The molecule has 0 radical (unpaired) electrons. The third-order valence-electron chi connectivity index (χ3n) is 5.10. The van der Waals surface area contributed by atoms with E-state index in [9.17, 15) is 9.59 Å². The standard InChI is InChI=1S/C20H27N3O2/c1-13-8-17(14(2)24)22(11-13)12-15-10-21-18-9-16(20(3,4)5)6-7-23(18)19(15)25/h6-7,9-10,13,17H,8,11-12H2,1-5H3/t13-,17+/m0/s1. The third kappa shape index (κ3) is 3.52. The lowest BCUT2D eigenvalue weighted by Gasteiger charge is -2.22. The predicted molar refractivity (Wildman–Crippen MR) is 98.8 cm³/mol. The van der Waals surface area contributed by atoms with E-state index in [-0.39, 0.29) is 22.8 Å². The fraction of sp³-hybridized carbons (Fsp3) is 0.550. The van der Waals surface area contributed by atoms with Crippen LogP contribution in [0.1, 0.15) is 52.2 Å². The van der Waals surface area contributed by atoms with Crippen molar-refractivity contribution < 1.29 is 4.79 Å². The Hall–Kier alpha value is -2.01. The van der Waals surface area contributed by atoms with Crippen molar-refractivity contribution in [2.24, 2.45) is 5.92 Å². The highest BCUT2D eigenvalue weighted by molar-refractivity contribution is 5.81. The first-order chi connectivity index (χ1) is 11.7. The molecule has 2 aromatic rings. The van der Waals surface area contributed by atoms with Gasteiger partial charge in [0.15, 0.2) is 0 Å². The van der Waals surface area contributed by atoms with Gasteiger partial charge < -0.3 is 0 Å². The fourth-order valence-electron chi connectivity index (χ4n) is 3.64. The molecular weight excluding hydrogens is 314 g/mol. The number of aromatic nitrogens is 2. The summed E-state index contributed by atoms with van der Waals surface area (Å²) in [7, 11) is 0. The van der Waals surface area contributed by atoms with Gasteiger partial charge in [0.05, 0.1) is 11.6 Å². The van der Waals surface area contributed by atoms with E-state index in [1.165, 1.54) is 0 Å². The largest absolute Gasteiger partial charge is 0.298 e. The molecule has 0 N–H and O–H groups in total. The Kier molecular flexibility index (Phi) is 4.54. The number of hydrogen-bond acceptors (Lipinski definition) is 4. The number of ketones is 1. The first-order valence-electron chi connectivity index (χ1n) is 8.92. The monoisotopic (exact) mass is 341 g/mol. The van der Waals surface area contributed by atoms with Crippen LogP contribution in [-0.4, -0.2) is 32.7 Å². The van der Waals surface area contributed by atoms with Gasteiger partial charge >= 0.3 is 0 Å². The summed E-state index contributed by atoms with van der Waals surface area (Å²) in [6.45, 7) is 11.5. The lowest BCUT2D eigenvalue weighted by Crippen LogP contribution is -2.36. The highest BCUT2D eigenvalue weighted by atomic mass is 16.1. The average Bonchev–Trinajstić information content (AvgIpc) is 2.90. The topological polar surface area (TPSA) is 54.7 Å². The molecule has 134 valence electrons. The van der Waals surface area contributed by atoms with Crippen molar-refractivity contribution in [3.05, 3.63) is 46.0 Å². The van der Waals surface area contributed by atoms with E-state index in [0.717, 1.165) is 18.5 Å². The second kappa shape index (κ2) is 6.37. The van der Waals surface area contributed by atoms with Gasteiger partial charge in [-0.25, -0.2) is 4.98 Å². The van der Waals surface area contributed by atoms with Crippen LogP contribution in [0, 0.1) is 5.92 Å². The molecule has 25 heavy (non-hydrogen) atoms. The fourth-order valence-corrected chi connectivity index (χ4v) is 3.64. The summed E-state index contributed by atoms with van der Waals surface area (Å²) in [6, 6.07) is 3.87. The van der Waals surface area contributed by atoms with Gasteiger partial charge in [-0.05, 0) is 42.4 Å². The van der Waals surface area contributed by atoms with Gasteiger partial charge in [-0.3, -0.25) is 18.9 Å². The van der Waals surface area contributed by atoms with Crippen molar-refractivity contribution in [1.82, 2.24) is 14.3 Å². The van der Waals surface area contributed by atoms with Crippen molar-refractivity contribution >= 4 is 11.4 Å². The van der Waals surface area contributed by atoms with E-state index >= 15 is 0 Å². The maximum Gasteiger partial charge on any atom is 0.262 e. The van der Waals surface area contributed by atoms with Crippen LogP contribution in [0.25, 0.3) is 5.65 Å². The van der Waals surface area contributed by atoms with E-state index in [1.807, 2.05) is 18.3 Å². The van der Waals surface area contributed by atoms with Crippen molar-refractivity contribution in [3.8, 4) is 0 Å². The van der Waals surface area contributed by atoms with Crippen LogP contribution in [0.2, 0.25) is 0 Å². The Balaban J connectivity index is 1.94. The first kappa shape index (κ1) is 17.8. The van der Waals surface area contributed by atoms with E-state index < -0.39 is 0 Å². The molecule has 0 spiro atoms. The van der Waals surface area contributed by atoms with Crippen molar-refractivity contribution in [1.29, 1.82) is 0 Å². The van der Waals surface area contributed by atoms with Crippen LogP contribution in [0.4, 0.5) is 0 Å². The molecule has 2 aromatic heterocycles. The zero-order chi connectivity index (χ0) is 18.4. The molecule has 1 saturated heterocycles. The molecule has 1 aliphatic rings. The number of Topliss-reactive ketones (excluding diaryl/α,β-unsaturated/α-hetero) is 1. The molecule has 0 bridgehead atoms. The van der Waals surface area contributed by atoms with Crippen LogP contribution in [0.5, 0.6) is 0 Å². The molecule has 3 rings (SSSR count). The van der Waals surface area contributed by atoms with Crippen LogP contribution in [0.3, 0.4) is 0 Å². The Labute approximate surface area is 148 Å². The van der Waals surface area contributed by atoms with Gasteiger partial charge in [0.25, 0.3) is 5.56 Å². The van der Waals surface area contributed by atoms with Crippen LogP contribution in [-0.2, 0) is 16.8 Å². The van der Waals surface area contributed by atoms with Gasteiger partial charge in [0.2, 0.25) is 0 Å². The first-order valence-corrected chi connectivity index (χ1v) is 8.92. The second-order valence-electron chi connectivity index (χ2n) is 8.38. The van der Waals surface area contributed by atoms with Crippen LogP contribution >= 0.6 is 0 Å². The molecule has 0 aromatic carbocycles. The second-order valence-corrected chi connectivity index (χ2v) is 8.38. The lowest BCUT2D eigenvalue weighted by molar-refractivity contribution is -0.121. The van der Waals surface area contributed by atoms with E-state index in [4.69, 9.17) is 0 Å². The van der Waals surface area contributed by atoms with E-state index in [1.54, 1.807) is 17.5 Å². The summed E-state index contributed by atoms with van der Waals surface area (Å²) in [5, 5.41) is 0. The maximum atomic E-state index is 12.8. The smallest absolute Gasteiger partial charge is 0.262 e. The quantitative estimate of drug-likeness (QED) is 0.861. The molecular formula is C20H27N3O2. The lowest BCUT2D eigenvalue weighted by atomic mass is 9.88. The molecule has 0 amide bonds. The molecule has 1 aliphatic heterocycles.